The van der Waals surface area contributed by atoms with Crippen molar-refractivity contribution >= 4 is 10.9 Å². The molecule has 1 aromatic carbocycles. The van der Waals surface area contributed by atoms with Gasteiger partial charge in [0.2, 0.25) is 0 Å². The van der Waals surface area contributed by atoms with Gasteiger partial charge in [-0.05, 0) is 18.2 Å². The van der Waals surface area contributed by atoms with Crippen LogP contribution in [0.5, 0.6) is 0 Å². The molecule has 0 radical (unpaired) electrons. The summed E-state index contributed by atoms with van der Waals surface area (Å²) in [4.78, 5) is 2.96. The molecular weight excluding hydrogens is 281 g/mol. The van der Waals surface area contributed by atoms with E-state index < -0.39 is 11.9 Å². The van der Waals surface area contributed by atoms with Crippen LogP contribution in [0.4, 0.5) is 13.2 Å². The lowest BCUT2D eigenvalue weighted by Crippen LogP contribution is -2.06. The summed E-state index contributed by atoms with van der Waals surface area (Å²) in [5, 5.41) is 13.3. The Labute approximate surface area is 117 Å². The number of rotatable bonds is 1. The molecule has 0 saturated carbocycles. The van der Waals surface area contributed by atoms with Crippen LogP contribution in [-0.2, 0) is 13.2 Å². The van der Waals surface area contributed by atoms with Gasteiger partial charge in [0.05, 0.1) is 17.3 Å². The van der Waals surface area contributed by atoms with Gasteiger partial charge in [-0.2, -0.15) is 23.5 Å². The van der Waals surface area contributed by atoms with Crippen LogP contribution in [0.1, 0.15) is 11.3 Å². The number of aryl methyl sites for hydroxylation is 1. The highest BCUT2D eigenvalue weighted by atomic mass is 19.4. The van der Waals surface area contributed by atoms with Crippen molar-refractivity contribution in [3.63, 3.8) is 0 Å². The maximum atomic E-state index is 12.7. The van der Waals surface area contributed by atoms with Crippen LogP contribution in [-0.4, -0.2) is 14.8 Å². The first-order chi connectivity index (χ1) is 9.91. The standard InChI is InChI=1S/C14H9F3N4/c1-21-11(5-12(20-21)14(15,16)17)9-7-19-10-4-2-3-8(6-18)13(9)10/h2-5,7,19H,1H3. The number of H-pyrrole nitrogens is 1. The van der Waals surface area contributed by atoms with Gasteiger partial charge in [0.25, 0.3) is 0 Å². The van der Waals surface area contributed by atoms with E-state index in [0.29, 0.717) is 27.7 Å². The van der Waals surface area contributed by atoms with E-state index >= 15 is 0 Å². The molecule has 1 N–H and O–H groups in total. The topological polar surface area (TPSA) is 57.4 Å². The highest BCUT2D eigenvalue weighted by Crippen LogP contribution is 2.35. The van der Waals surface area contributed by atoms with Crippen molar-refractivity contribution in [2.24, 2.45) is 7.05 Å². The molecule has 2 aromatic heterocycles. The van der Waals surface area contributed by atoms with Gasteiger partial charge >= 0.3 is 6.18 Å². The third-order valence-corrected chi connectivity index (χ3v) is 3.27. The predicted octanol–water partition coefficient (Wildman–Crippen LogP) is 3.46. The van der Waals surface area contributed by atoms with Gasteiger partial charge in [-0.25, -0.2) is 0 Å². The van der Waals surface area contributed by atoms with Crippen LogP contribution in [0.15, 0.2) is 30.5 Å². The molecule has 7 heteroatoms. The Hall–Kier alpha value is -2.75. The molecule has 21 heavy (non-hydrogen) atoms. The number of halogens is 3. The third-order valence-electron chi connectivity index (χ3n) is 3.27. The average Bonchev–Trinajstić information content (AvgIpc) is 3.01. The molecule has 3 aromatic rings. The number of aromatic nitrogens is 3. The third kappa shape index (κ3) is 2.05. The Balaban J connectivity index is 2.27. The van der Waals surface area contributed by atoms with Crippen molar-refractivity contribution in [2.75, 3.05) is 0 Å². The minimum absolute atomic E-state index is 0.302. The first-order valence-corrected chi connectivity index (χ1v) is 6.03. The molecule has 0 atom stereocenters. The van der Waals surface area contributed by atoms with Crippen LogP contribution in [0.25, 0.3) is 22.2 Å². The molecule has 4 nitrogen and oxygen atoms in total. The lowest BCUT2D eigenvalue weighted by atomic mass is 10.0. The molecule has 0 aliphatic rings. The summed E-state index contributed by atoms with van der Waals surface area (Å²) in [6.45, 7) is 0. The molecule has 0 saturated heterocycles. The number of alkyl halides is 3. The Bertz CT molecular complexity index is 865. The fourth-order valence-electron chi connectivity index (χ4n) is 2.34. The monoisotopic (exact) mass is 290 g/mol. The number of nitrogens with zero attached hydrogens (tertiary/aromatic N) is 3. The predicted molar refractivity (Wildman–Crippen MR) is 70.2 cm³/mol. The molecule has 0 amide bonds. The largest absolute Gasteiger partial charge is 0.435 e. The molecule has 0 aliphatic heterocycles. The fourth-order valence-corrected chi connectivity index (χ4v) is 2.34. The van der Waals surface area contributed by atoms with Gasteiger partial charge in [0, 0.05) is 29.7 Å². The number of benzene rings is 1. The molecule has 0 fully saturated rings. The van der Waals surface area contributed by atoms with Crippen molar-refractivity contribution in [3.05, 3.63) is 41.7 Å². The second-order valence-corrected chi connectivity index (χ2v) is 4.58. The maximum absolute atomic E-state index is 12.7. The summed E-state index contributed by atoms with van der Waals surface area (Å²) in [6, 6.07) is 8.14. The molecule has 0 unspecified atom stereocenters. The summed E-state index contributed by atoms with van der Waals surface area (Å²) < 4.78 is 39.4. The van der Waals surface area contributed by atoms with Gasteiger partial charge < -0.3 is 4.98 Å². The lowest BCUT2D eigenvalue weighted by Gasteiger charge is -2.01. The molecule has 2 heterocycles. The van der Waals surface area contributed by atoms with E-state index in [1.54, 1.807) is 24.4 Å². The van der Waals surface area contributed by atoms with E-state index in [2.05, 4.69) is 16.2 Å². The molecule has 0 spiro atoms. The van der Waals surface area contributed by atoms with Gasteiger partial charge in [0.1, 0.15) is 0 Å². The summed E-state index contributed by atoms with van der Waals surface area (Å²) in [7, 11) is 1.44. The smallest absolute Gasteiger partial charge is 0.360 e. The molecule has 0 bridgehead atoms. The number of nitriles is 1. The summed E-state index contributed by atoms with van der Waals surface area (Å²) in [5.41, 5.74) is 0.963. The van der Waals surface area contributed by atoms with E-state index in [0.717, 1.165) is 6.07 Å². The first-order valence-electron chi connectivity index (χ1n) is 6.03. The van der Waals surface area contributed by atoms with Crippen LogP contribution < -0.4 is 0 Å². The molecule has 0 aliphatic carbocycles. The van der Waals surface area contributed by atoms with Crippen molar-refractivity contribution in [3.8, 4) is 17.3 Å². The number of fused-ring (bicyclic) bond motifs is 1. The quantitative estimate of drug-likeness (QED) is 0.746. The first kappa shape index (κ1) is 13.2. The highest BCUT2D eigenvalue weighted by molar-refractivity contribution is 5.98. The zero-order chi connectivity index (χ0) is 15.2. The second-order valence-electron chi connectivity index (χ2n) is 4.58. The van der Waals surface area contributed by atoms with Gasteiger partial charge in [-0.1, -0.05) is 6.07 Å². The van der Waals surface area contributed by atoms with Gasteiger partial charge in [-0.3, -0.25) is 4.68 Å². The zero-order valence-electron chi connectivity index (χ0n) is 10.9. The molecular formula is C14H9F3N4. The summed E-state index contributed by atoms with van der Waals surface area (Å²) >= 11 is 0. The Morgan fingerprint density at radius 1 is 1.33 bits per heavy atom. The van der Waals surface area contributed by atoms with Crippen molar-refractivity contribution in [1.29, 1.82) is 5.26 Å². The van der Waals surface area contributed by atoms with E-state index in [-0.39, 0.29) is 0 Å². The lowest BCUT2D eigenvalue weighted by molar-refractivity contribution is -0.141. The summed E-state index contributed by atoms with van der Waals surface area (Å²) in [5.74, 6) is 0. The van der Waals surface area contributed by atoms with Crippen molar-refractivity contribution in [1.82, 2.24) is 14.8 Å². The Kier molecular flexibility index (Phi) is 2.76. The fraction of sp³-hybridized carbons (Fsp3) is 0.143. The van der Waals surface area contributed by atoms with E-state index in [9.17, 15) is 13.2 Å². The Morgan fingerprint density at radius 3 is 2.71 bits per heavy atom. The highest BCUT2D eigenvalue weighted by Gasteiger charge is 2.35. The molecule has 106 valence electrons. The van der Waals surface area contributed by atoms with Crippen molar-refractivity contribution in [2.45, 2.75) is 6.18 Å². The van der Waals surface area contributed by atoms with Crippen LogP contribution in [0.2, 0.25) is 0 Å². The van der Waals surface area contributed by atoms with Crippen molar-refractivity contribution < 1.29 is 13.2 Å². The average molecular weight is 290 g/mol. The number of aromatic amines is 1. The SMILES string of the molecule is Cn1nc(C(F)(F)F)cc1-c1c[nH]c2cccc(C#N)c12. The van der Waals surface area contributed by atoms with E-state index in [1.807, 2.05) is 0 Å². The number of nitrogens with one attached hydrogen (secondary N) is 1. The number of hydrogen-bond acceptors (Lipinski definition) is 2. The van der Waals surface area contributed by atoms with E-state index in [1.165, 1.54) is 11.7 Å². The molecule has 3 rings (SSSR count). The minimum atomic E-state index is -4.50. The Morgan fingerprint density at radius 2 is 2.10 bits per heavy atom. The second kappa shape index (κ2) is 4.38. The van der Waals surface area contributed by atoms with Gasteiger partial charge in [-0.15, -0.1) is 0 Å². The van der Waals surface area contributed by atoms with Crippen LogP contribution in [0, 0.1) is 11.3 Å². The van der Waals surface area contributed by atoms with E-state index in [4.69, 9.17) is 5.26 Å². The zero-order valence-corrected chi connectivity index (χ0v) is 10.9. The van der Waals surface area contributed by atoms with Crippen LogP contribution >= 0.6 is 0 Å². The normalized spacial score (nSPS) is 11.8. The minimum Gasteiger partial charge on any atom is -0.360 e. The number of hydrogen-bond donors (Lipinski definition) is 1. The van der Waals surface area contributed by atoms with Crippen LogP contribution in [0.3, 0.4) is 0 Å². The maximum Gasteiger partial charge on any atom is 0.435 e. The summed E-state index contributed by atoms with van der Waals surface area (Å²) in [6.07, 6.45) is -2.91. The van der Waals surface area contributed by atoms with Gasteiger partial charge in [0.15, 0.2) is 5.69 Å².